The molecule has 1 heterocycles. The predicted octanol–water partition coefficient (Wildman–Crippen LogP) is 4.50. The molecule has 0 bridgehead atoms. The number of aryl methyl sites for hydroxylation is 2. The third-order valence-corrected chi connectivity index (χ3v) is 3.72. The number of hydrogen-bond donors (Lipinski definition) is 1. The molecule has 0 saturated heterocycles. The molecule has 0 amide bonds. The van der Waals surface area contributed by atoms with Gasteiger partial charge in [-0.15, -0.1) is 0 Å². The maximum atomic E-state index is 13.7. The molecule has 0 fully saturated rings. The topological polar surface area (TPSA) is 25.2 Å². The first-order valence-corrected chi connectivity index (χ1v) is 7.07. The van der Waals surface area contributed by atoms with Gasteiger partial charge in [0.1, 0.15) is 17.3 Å². The van der Waals surface area contributed by atoms with Crippen LogP contribution >= 0.6 is 15.9 Å². The van der Waals surface area contributed by atoms with Crippen LogP contribution in [0.4, 0.5) is 4.39 Å². The molecule has 0 saturated carbocycles. The van der Waals surface area contributed by atoms with E-state index in [4.69, 9.17) is 4.42 Å². The van der Waals surface area contributed by atoms with E-state index in [1.165, 1.54) is 0 Å². The number of hydrogen-bond acceptors (Lipinski definition) is 2. The molecule has 19 heavy (non-hydrogen) atoms. The lowest BCUT2D eigenvalue weighted by Gasteiger charge is -2.18. The second kappa shape index (κ2) is 5.88. The fourth-order valence-electron chi connectivity index (χ4n) is 2.24. The molecule has 2 nitrogen and oxygen atoms in total. The highest BCUT2D eigenvalue weighted by Crippen LogP contribution is 2.29. The van der Waals surface area contributed by atoms with Crippen LogP contribution < -0.4 is 5.32 Å². The lowest BCUT2D eigenvalue weighted by Crippen LogP contribution is -2.22. The van der Waals surface area contributed by atoms with E-state index in [-0.39, 0.29) is 11.9 Å². The van der Waals surface area contributed by atoms with Gasteiger partial charge in [-0.3, -0.25) is 0 Å². The minimum absolute atomic E-state index is 0.0509. The molecule has 0 aliphatic carbocycles. The molecular formula is C15H17BrFNO. The Kier molecular flexibility index (Phi) is 4.42. The highest BCUT2D eigenvalue weighted by Gasteiger charge is 2.19. The van der Waals surface area contributed by atoms with Crippen molar-refractivity contribution in [3.8, 4) is 0 Å². The van der Waals surface area contributed by atoms with Gasteiger partial charge in [-0.25, -0.2) is 4.39 Å². The van der Waals surface area contributed by atoms with E-state index < -0.39 is 0 Å². The Labute approximate surface area is 121 Å². The van der Waals surface area contributed by atoms with Crippen LogP contribution in [0.2, 0.25) is 0 Å². The monoisotopic (exact) mass is 325 g/mol. The number of furan rings is 1. The highest BCUT2D eigenvalue weighted by atomic mass is 79.9. The van der Waals surface area contributed by atoms with Crippen LogP contribution in [0.25, 0.3) is 0 Å². The normalized spacial score (nSPS) is 12.7. The Morgan fingerprint density at radius 1 is 1.32 bits per heavy atom. The Hall–Kier alpha value is -1.13. The van der Waals surface area contributed by atoms with Gasteiger partial charge in [0.2, 0.25) is 0 Å². The summed E-state index contributed by atoms with van der Waals surface area (Å²) < 4.78 is 19.8. The molecule has 1 aromatic heterocycles. The summed E-state index contributed by atoms with van der Waals surface area (Å²) in [5.74, 6) is 1.48. The van der Waals surface area contributed by atoms with Crippen LogP contribution in [0.15, 0.2) is 33.2 Å². The molecule has 0 aliphatic heterocycles. The Balaban J connectivity index is 2.44. The number of rotatable bonds is 4. The van der Waals surface area contributed by atoms with Crippen molar-refractivity contribution in [3.05, 3.63) is 57.2 Å². The summed E-state index contributed by atoms with van der Waals surface area (Å²) in [5.41, 5.74) is 1.95. The lowest BCUT2D eigenvalue weighted by molar-refractivity contribution is 0.494. The number of benzene rings is 1. The molecule has 1 atom stereocenters. The summed E-state index contributed by atoms with van der Waals surface area (Å²) in [4.78, 5) is 0. The van der Waals surface area contributed by atoms with E-state index >= 15 is 0 Å². The third-order valence-electron chi connectivity index (χ3n) is 3.08. The van der Waals surface area contributed by atoms with Crippen molar-refractivity contribution >= 4 is 15.9 Å². The Bertz CT molecular complexity index is 580. The minimum atomic E-state index is -0.252. The van der Waals surface area contributed by atoms with Crippen LogP contribution in [0.3, 0.4) is 0 Å². The molecule has 1 unspecified atom stereocenters. The van der Waals surface area contributed by atoms with E-state index in [9.17, 15) is 4.39 Å². The molecular weight excluding hydrogens is 309 g/mol. The van der Waals surface area contributed by atoms with Crippen LogP contribution in [0, 0.1) is 19.7 Å². The number of halogens is 2. The summed E-state index contributed by atoms with van der Waals surface area (Å²) in [7, 11) is 0. The molecule has 0 radical (unpaired) electrons. The molecule has 4 heteroatoms. The third kappa shape index (κ3) is 3.07. The van der Waals surface area contributed by atoms with Gasteiger partial charge >= 0.3 is 0 Å². The van der Waals surface area contributed by atoms with E-state index in [0.717, 1.165) is 29.2 Å². The zero-order valence-electron chi connectivity index (χ0n) is 11.3. The van der Waals surface area contributed by atoms with Gasteiger partial charge in [0, 0.05) is 5.56 Å². The Morgan fingerprint density at radius 3 is 2.58 bits per heavy atom. The quantitative estimate of drug-likeness (QED) is 0.895. The second-order valence-electron chi connectivity index (χ2n) is 4.53. The molecule has 2 rings (SSSR count). The van der Waals surface area contributed by atoms with Crippen LogP contribution in [0.1, 0.15) is 35.6 Å². The maximum absolute atomic E-state index is 13.7. The van der Waals surface area contributed by atoms with Crippen molar-refractivity contribution in [2.75, 3.05) is 6.54 Å². The zero-order chi connectivity index (χ0) is 14.0. The first-order chi connectivity index (χ1) is 9.02. The predicted molar refractivity (Wildman–Crippen MR) is 77.8 cm³/mol. The van der Waals surface area contributed by atoms with Gasteiger partial charge in [-0.05, 0) is 60.1 Å². The standard InChI is InChI=1S/C15H17BrFNO/c1-4-18-15(12-7-9(2)19-10(12)3)11-5-6-13(16)14(17)8-11/h5-8,15,18H,4H2,1-3H3. The maximum Gasteiger partial charge on any atom is 0.137 e. The summed E-state index contributed by atoms with van der Waals surface area (Å²) in [6, 6.07) is 7.16. The summed E-state index contributed by atoms with van der Waals surface area (Å²) in [5, 5.41) is 3.37. The van der Waals surface area contributed by atoms with Crippen LogP contribution in [-0.4, -0.2) is 6.54 Å². The van der Waals surface area contributed by atoms with E-state index in [1.807, 2.05) is 32.9 Å². The van der Waals surface area contributed by atoms with Crippen molar-refractivity contribution < 1.29 is 8.81 Å². The molecule has 2 aromatic rings. The summed E-state index contributed by atoms with van der Waals surface area (Å²) >= 11 is 3.18. The van der Waals surface area contributed by atoms with Crippen LogP contribution in [0.5, 0.6) is 0 Å². The van der Waals surface area contributed by atoms with Crippen molar-refractivity contribution in [3.63, 3.8) is 0 Å². The fraction of sp³-hybridized carbons (Fsp3) is 0.333. The first-order valence-electron chi connectivity index (χ1n) is 6.28. The van der Waals surface area contributed by atoms with E-state index in [0.29, 0.717) is 4.47 Å². The lowest BCUT2D eigenvalue weighted by atomic mass is 9.99. The fourth-order valence-corrected chi connectivity index (χ4v) is 2.49. The van der Waals surface area contributed by atoms with Crippen molar-refractivity contribution in [1.29, 1.82) is 0 Å². The van der Waals surface area contributed by atoms with Crippen molar-refractivity contribution in [2.24, 2.45) is 0 Å². The van der Waals surface area contributed by atoms with Gasteiger partial charge in [0.15, 0.2) is 0 Å². The van der Waals surface area contributed by atoms with Crippen molar-refractivity contribution in [2.45, 2.75) is 26.8 Å². The molecule has 0 aliphatic rings. The average Bonchev–Trinajstić information content (AvgIpc) is 2.69. The Morgan fingerprint density at radius 2 is 2.05 bits per heavy atom. The highest BCUT2D eigenvalue weighted by molar-refractivity contribution is 9.10. The molecule has 1 N–H and O–H groups in total. The first kappa shape index (κ1) is 14.3. The molecule has 102 valence electrons. The zero-order valence-corrected chi connectivity index (χ0v) is 12.8. The van der Waals surface area contributed by atoms with E-state index in [2.05, 4.69) is 21.2 Å². The minimum Gasteiger partial charge on any atom is -0.466 e. The van der Waals surface area contributed by atoms with Gasteiger partial charge in [-0.2, -0.15) is 0 Å². The van der Waals surface area contributed by atoms with Crippen LogP contribution in [-0.2, 0) is 0 Å². The largest absolute Gasteiger partial charge is 0.466 e. The molecule has 0 spiro atoms. The van der Waals surface area contributed by atoms with Gasteiger partial charge in [0.05, 0.1) is 10.5 Å². The number of nitrogens with one attached hydrogen (secondary N) is 1. The summed E-state index contributed by atoms with van der Waals surface area (Å²) in [6.07, 6.45) is 0. The second-order valence-corrected chi connectivity index (χ2v) is 5.39. The smallest absolute Gasteiger partial charge is 0.137 e. The van der Waals surface area contributed by atoms with Crippen molar-refractivity contribution in [1.82, 2.24) is 5.32 Å². The van der Waals surface area contributed by atoms with Gasteiger partial charge in [-0.1, -0.05) is 13.0 Å². The molecule has 1 aromatic carbocycles. The average molecular weight is 326 g/mol. The van der Waals surface area contributed by atoms with E-state index in [1.54, 1.807) is 12.1 Å². The van der Waals surface area contributed by atoms with Gasteiger partial charge < -0.3 is 9.73 Å². The summed E-state index contributed by atoms with van der Waals surface area (Å²) in [6.45, 7) is 6.68. The van der Waals surface area contributed by atoms with Gasteiger partial charge in [0.25, 0.3) is 0 Å². The SMILES string of the molecule is CCNC(c1ccc(Br)c(F)c1)c1cc(C)oc1C.